The number of aryl methyl sites for hydroxylation is 1. The number of hydrogen-bond acceptors (Lipinski definition) is 3. The molecule has 4 nitrogen and oxygen atoms in total. The summed E-state index contributed by atoms with van der Waals surface area (Å²) in [6.45, 7) is 5.58. The smallest absolute Gasteiger partial charge is 0.239 e. The second kappa shape index (κ2) is 5.29. The summed E-state index contributed by atoms with van der Waals surface area (Å²) < 4.78 is 0. The number of primary amides is 1. The van der Waals surface area contributed by atoms with E-state index in [2.05, 4.69) is 10.2 Å². The zero-order valence-corrected chi connectivity index (χ0v) is 10.1. The third kappa shape index (κ3) is 2.84. The Kier molecular flexibility index (Phi) is 3.76. The Balaban J connectivity index is 2.25. The van der Waals surface area contributed by atoms with Gasteiger partial charge in [-0.2, -0.15) is 0 Å². The maximum absolute atomic E-state index is 11.7. The van der Waals surface area contributed by atoms with E-state index in [4.69, 9.17) is 5.73 Å². The summed E-state index contributed by atoms with van der Waals surface area (Å²) in [5.74, 6) is -0.266. The summed E-state index contributed by atoms with van der Waals surface area (Å²) in [6, 6.07) is 7.72. The van der Waals surface area contributed by atoms with Gasteiger partial charge in [-0.15, -0.1) is 0 Å². The SMILES string of the molecule is Cc1cccc([C@@H](C(N)=O)N2CCNCC2)c1. The molecule has 0 spiro atoms. The highest BCUT2D eigenvalue weighted by atomic mass is 16.1. The molecule has 1 aromatic rings. The van der Waals surface area contributed by atoms with Crippen molar-refractivity contribution in [3.05, 3.63) is 35.4 Å². The Bertz CT molecular complexity index is 399. The van der Waals surface area contributed by atoms with Gasteiger partial charge < -0.3 is 11.1 Å². The van der Waals surface area contributed by atoms with Gasteiger partial charge in [0.2, 0.25) is 5.91 Å². The molecule has 1 aliphatic heterocycles. The van der Waals surface area contributed by atoms with Crippen molar-refractivity contribution in [2.24, 2.45) is 5.73 Å². The topological polar surface area (TPSA) is 58.4 Å². The van der Waals surface area contributed by atoms with E-state index in [1.165, 1.54) is 0 Å². The molecule has 0 aromatic heterocycles. The van der Waals surface area contributed by atoms with Crippen LogP contribution in [0.3, 0.4) is 0 Å². The molecule has 0 aliphatic carbocycles. The molecule has 1 aromatic carbocycles. The first-order chi connectivity index (χ1) is 8.18. The van der Waals surface area contributed by atoms with Crippen molar-refractivity contribution in [3.8, 4) is 0 Å². The first kappa shape index (κ1) is 12.1. The Labute approximate surface area is 102 Å². The highest BCUT2D eigenvalue weighted by molar-refractivity contribution is 5.81. The van der Waals surface area contributed by atoms with Crippen molar-refractivity contribution in [2.45, 2.75) is 13.0 Å². The summed E-state index contributed by atoms with van der Waals surface area (Å²) in [5, 5.41) is 3.28. The maximum atomic E-state index is 11.7. The number of nitrogens with zero attached hydrogens (tertiary/aromatic N) is 1. The second-order valence-electron chi connectivity index (χ2n) is 4.51. The van der Waals surface area contributed by atoms with Gasteiger partial charge in [-0.3, -0.25) is 9.69 Å². The molecule has 1 fully saturated rings. The van der Waals surface area contributed by atoms with E-state index >= 15 is 0 Å². The van der Waals surface area contributed by atoms with Gasteiger partial charge in [-0.25, -0.2) is 0 Å². The van der Waals surface area contributed by atoms with Crippen LogP contribution in [0, 0.1) is 6.92 Å². The molecule has 92 valence electrons. The standard InChI is InChI=1S/C13H19N3O/c1-10-3-2-4-11(9-10)12(13(14)17)16-7-5-15-6-8-16/h2-4,9,12,15H,5-8H2,1H3,(H2,14,17)/t12-/m0/s1. The van der Waals surface area contributed by atoms with Crippen LogP contribution in [-0.4, -0.2) is 37.0 Å². The maximum Gasteiger partial charge on any atom is 0.239 e. The van der Waals surface area contributed by atoms with Crippen molar-refractivity contribution in [2.75, 3.05) is 26.2 Å². The van der Waals surface area contributed by atoms with E-state index in [1.54, 1.807) is 0 Å². The van der Waals surface area contributed by atoms with Crippen LogP contribution in [0.25, 0.3) is 0 Å². The number of benzene rings is 1. The molecule has 0 unspecified atom stereocenters. The fourth-order valence-electron chi connectivity index (χ4n) is 2.34. The first-order valence-corrected chi connectivity index (χ1v) is 5.99. The molecule has 0 radical (unpaired) electrons. The summed E-state index contributed by atoms with van der Waals surface area (Å²) >= 11 is 0. The summed E-state index contributed by atoms with van der Waals surface area (Å²) in [7, 11) is 0. The van der Waals surface area contributed by atoms with Crippen LogP contribution in [0.5, 0.6) is 0 Å². The quantitative estimate of drug-likeness (QED) is 0.796. The van der Waals surface area contributed by atoms with Gasteiger partial charge in [-0.1, -0.05) is 29.8 Å². The first-order valence-electron chi connectivity index (χ1n) is 5.99. The summed E-state index contributed by atoms with van der Waals surface area (Å²) in [4.78, 5) is 13.8. The number of nitrogens with two attached hydrogens (primary N) is 1. The van der Waals surface area contributed by atoms with Crippen molar-refractivity contribution < 1.29 is 4.79 Å². The number of rotatable bonds is 3. The predicted molar refractivity (Wildman–Crippen MR) is 67.6 cm³/mol. The van der Waals surface area contributed by atoms with Crippen molar-refractivity contribution in [1.29, 1.82) is 0 Å². The minimum Gasteiger partial charge on any atom is -0.368 e. The van der Waals surface area contributed by atoms with Crippen molar-refractivity contribution in [3.63, 3.8) is 0 Å². The average Bonchev–Trinajstić information content (AvgIpc) is 2.30. The molecular formula is C13H19N3O. The van der Waals surface area contributed by atoms with Gasteiger partial charge in [0.25, 0.3) is 0 Å². The molecule has 1 aliphatic rings. The van der Waals surface area contributed by atoms with Crippen molar-refractivity contribution >= 4 is 5.91 Å². The zero-order valence-electron chi connectivity index (χ0n) is 10.1. The van der Waals surface area contributed by atoms with Gasteiger partial charge in [-0.05, 0) is 12.5 Å². The number of carbonyl (C=O) groups is 1. The van der Waals surface area contributed by atoms with E-state index in [1.807, 2.05) is 31.2 Å². The second-order valence-corrected chi connectivity index (χ2v) is 4.51. The fourth-order valence-corrected chi connectivity index (χ4v) is 2.34. The lowest BCUT2D eigenvalue weighted by Gasteiger charge is -2.33. The van der Waals surface area contributed by atoms with E-state index in [-0.39, 0.29) is 11.9 Å². The van der Waals surface area contributed by atoms with Crippen LogP contribution in [0.2, 0.25) is 0 Å². The third-order valence-corrected chi connectivity index (χ3v) is 3.14. The normalized spacial score (nSPS) is 18.9. The van der Waals surface area contributed by atoms with E-state index < -0.39 is 0 Å². The highest BCUT2D eigenvalue weighted by Gasteiger charge is 2.26. The molecule has 1 atom stereocenters. The predicted octanol–water partition coefficient (Wildman–Crippen LogP) is 0.427. The Morgan fingerprint density at radius 1 is 1.41 bits per heavy atom. The summed E-state index contributed by atoms with van der Waals surface area (Å²) in [5.41, 5.74) is 7.70. The van der Waals surface area contributed by atoms with Crippen LogP contribution in [-0.2, 0) is 4.79 Å². The Morgan fingerprint density at radius 3 is 2.71 bits per heavy atom. The number of amides is 1. The van der Waals surface area contributed by atoms with Gasteiger partial charge in [0, 0.05) is 26.2 Å². The molecule has 17 heavy (non-hydrogen) atoms. The average molecular weight is 233 g/mol. The van der Waals surface area contributed by atoms with Crippen LogP contribution in [0.15, 0.2) is 24.3 Å². The van der Waals surface area contributed by atoms with Gasteiger partial charge in [0.05, 0.1) is 0 Å². The van der Waals surface area contributed by atoms with Crippen LogP contribution in [0.1, 0.15) is 17.2 Å². The molecular weight excluding hydrogens is 214 g/mol. The minimum atomic E-state index is -0.294. The number of hydrogen-bond donors (Lipinski definition) is 2. The van der Waals surface area contributed by atoms with E-state index in [0.29, 0.717) is 0 Å². The van der Waals surface area contributed by atoms with Crippen molar-refractivity contribution in [1.82, 2.24) is 10.2 Å². The number of piperazine rings is 1. The van der Waals surface area contributed by atoms with Gasteiger partial charge in [0.1, 0.15) is 6.04 Å². The minimum absolute atomic E-state index is 0.266. The lowest BCUT2D eigenvalue weighted by molar-refractivity contribution is -0.123. The monoisotopic (exact) mass is 233 g/mol. The highest BCUT2D eigenvalue weighted by Crippen LogP contribution is 2.21. The van der Waals surface area contributed by atoms with Gasteiger partial charge >= 0.3 is 0 Å². The van der Waals surface area contributed by atoms with Gasteiger partial charge in [0.15, 0.2) is 0 Å². The largest absolute Gasteiger partial charge is 0.368 e. The molecule has 4 heteroatoms. The lowest BCUT2D eigenvalue weighted by Crippen LogP contribution is -2.48. The molecule has 2 rings (SSSR count). The molecule has 0 bridgehead atoms. The molecule has 1 amide bonds. The molecule has 1 heterocycles. The summed E-state index contributed by atoms with van der Waals surface area (Å²) in [6.07, 6.45) is 0. The fraction of sp³-hybridized carbons (Fsp3) is 0.462. The molecule has 0 saturated carbocycles. The number of nitrogens with one attached hydrogen (secondary N) is 1. The lowest BCUT2D eigenvalue weighted by atomic mass is 10.0. The van der Waals surface area contributed by atoms with Crippen LogP contribution >= 0.6 is 0 Å². The zero-order chi connectivity index (χ0) is 12.3. The molecule has 1 saturated heterocycles. The van der Waals surface area contributed by atoms with E-state index in [0.717, 1.165) is 37.3 Å². The Morgan fingerprint density at radius 2 is 2.12 bits per heavy atom. The van der Waals surface area contributed by atoms with Crippen LogP contribution < -0.4 is 11.1 Å². The molecule has 3 N–H and O–H groups in total. The van der Waals surface area contributed by atoms with E-state index in [9.17, 15) is 4.79 Å². The number of carbonyl (C=O) groups excluding carboxylic acids is 1. The third-order valence-electron chi connectivity index (χ3n) is 3.14. The van der Waals surface area contributed by atoms with Crippen LogP contribution in [0.4, 0.5) is 0 Å². The Hall–Kier alpha value is -1.39.